The smallest absolute Gasteiger partial charge is 0.224 e. The lowest BCUT2D eigenvalue weighted by molar-refractivity contribution is 0.464. The Morgan fingerprint density at radius 1 is 1.33 bits per heavy atom. The minimum atomic E-state index is -3.24. The van der Waals surface area contributed by atoms with E-state index in [0.717, 1.165) is 25.7 Å². The summed E-state index contributed by atoms with van der Waals surface area (Å²) in [6.07, 6.45) is 7.85. The average molecular weight is 269 g/mol. The number of sulfonamides is 1. The van der Waals surface area contributed by atoms with Crippen LogP contribution in [0.1, 0.15) is 49.7 Å². The maximum absolute atomic E-state index is 12.5. The minimum absolute atomic E-state index is 0.471. The molecule has 1 aromatic rings. The molecule has 2 heterocycles. The van der Waals surface area contributed by atoms with E-state index in [4.69, 9.17) is 0 Å². The SMILES string of the molecule is CC(c1nccn1C1CC1)S(=O)(=O)N1CCCC1. The fraction of sp³-hybridized carbons (Fsp3) is 0.750. The van der Waals surface area contributed by atoms with Crippen molar-refractivity contribution >= 4 is 10.0 Å². The van der Waals surface area contributed by atoms with Gasteiger partial charge in [0.2, 0.25) is 10.0 Å². The van der Waals surface area contributed by atoms with Gasteiger partial charge in [0.15, 0.2) is 0 Å². The Balaban J connectivity index is 1.88. The van der Waals surface area contributed by atoms with Crippen molar-refractivity contribution in [2.45, 2.75) is 43.9 Å². The van der Waals surface area contributed by atoms with E-state index in [1.165, 1.54) is 0 Å². The van der Waals surface area contributed by atoms with Gasteiger partial charge < -0.3 is 4.57 Å². The molecule has 5 nitrogen and oxygen atoms in total. The molecule has 2 fully saturated rings. The van der Waals surface area contributed by atoms with Crippen LogP contribution in [-0.4, -0.2) is 35.4 Å². The van der Waals surface area contributed by atoms with E-state index in [-0.39, 0.29) is 0 Å². The molecule has 6 heteroatoms. The molecule has 1 aliphatic heterocycles. The van der Waals surface area contributed by atoms with Crippen LogP contribution in [-0.2, 0) is 10.0 Å². The number of nitrogens with zero attached hydrogens (tertiary/aromatic N) is 3. The number of imidazole rings is 1. The van der Waals surface area contributed by atoms with Crippen molar-refractivity contribution in [3.05, 3.63) is 18.2 Å². The highest BCUT2D eigenvalue weighted by atomic mass is 32.2. The van der Waals surface area contributed by atoms with Crippen LogP contribution in [0.15, 0.2) is 12.4 Å². The summed E-state index contributed by atoms with van der Waals surface area (Å²) in [7, 11) is -3.24. The van der Waals surface area contributed by atoms with Crippen LogP contribution in [0.5, 0.6) is 0 Å². The van der Waals surface area contributed by atoms with Gasteiger partial charge >= 0.3 is 0 Å². The quantitative estimate of drug-likeness (QED) is 0.836. The van der Waals surface area contributed by atoms with Gasteiger partial charge in [-0.25, -0.2) is 17.7 Å². The topological polar surface area (TPSA) is 55.2 Å². The standard InChI is InChI=1S/C12H19N3O2S/c1-10(18(16,17)14-7-2-3-8-14)12-13-6-9-15(12)11-4-5-11/h6,9-11H,2-5,7-8H2,1H3. The average Bonchev–Trinajstić information content (AvgIpc) is 2.87. The first-order chi connectivity index (χ1) is 8.60. The van der Waals surface area contributed by atoms with Gasteiger partial charge in [0, 0.05) is 31.5 Å². The predicted molar refractivity (Wildman–Crippen MR) is 68.6 cm³/mol. The number of rotatable bonds is 4. The summed E-state index contributed by atoms with van der Waals surface area (Å²) >= 11 is 0. The van der Waals surface area contributed by atoms with Crippen molar-refractivity contribution in [3.8, 4) is 0 Å². The largest absolute Gasteiger partial charge is 0.331 e. The van der Waals surface area contributed by atoms with Crippen molar-refractivity contribution in [3.63, 3.8) is 0 Å². The third-order valence-electron chi connectivity index (χ3n) is 3.87. The van der Waals surface area contributed by atoms with Gasteiger partial charge in [-0.1, -0.05) is 0 Å². The monoisotopic (exact) mass is 269 g/mol. The summed E-state index contributed by atoms with van der Waals surface area (Å²) < 4.78 is 28.7. The Labute approximate surface area is 108 Å². The van der Waals surface area contributed by atoms with E-state index >= 15 is 0 Å². The zero-order valence-corrected chi connectivity index (χ0v) is 11.4. The molecule has 3 rings (SSSR count). The van der Waals surface area contributed by atoms with Crippen LogP contribution in [0, 0.1) is 0 Å². The van der Waals surface area contributed by atoms with Crippen LogP contribution in [0.4, 0.5) is 0 Å². The van der Waals surface area contributed by atoms with E-state index in [2.05, 4.69) is 4.98 Å². The molecule has 0 N–H and O–H groups in total. The lowest BCUT2D eigenvalue weighted by atomic mass is 10.4. The molecule has 18 heavy (non-hydrogen) atoms. The zero-order chi connectivity index (χ0) is 12.8. The predicted octanol–water partition coefficient (Wildman–Crippen LogP) is 1.70. The molecule has 1 saturated heterocycles. The Kier molecular flexibility index (Phi) is 2.94. The van der Waals surface area contributed by atoms with Gasteiger partial charge in [-0.2, -0.15) is 0 Å². The second kappa shape index (κ2) is 4.35. The molecule has 0 radical (unpaired) electrons. The first kappa shape index (κ1) is 12.2. The molecular formula is C12H19N3O2S. The Morgan fingerprint density at radius 3 is 2.61 bits per heavy atom. The summed E-state index contributed by atoms with van der Waals surface area (Å²) in [6.45, 7) is 3.09. The normalized spacial score (nSPS) is 23.4. The Hall–Kier alpha value is -0.880. The molecule has 0 spiro atoms. The molecule has 100 valence electrons. The maximum Gasteiger partial charge on any atom is 0.224 e. The molecule has 0 amide bonds. The summed E-state index contributed by atoms with van der Waals surface area (Å²) in [5, 5.41) is -0.536. The van der Waals surface area contributed by atoms with Gasteiger partial charge in [0.1, 0.15) is 11.1 Å². The van der Waals surface area contributed by atoms with Crippen molar-refractivity contribution in [2.24, 2.45) is 0 Å². The van der Waals surface area contributed by atoms with E-state index < -0.39 is 15.3 Å². The summed E-state index contributed by atoms with van der Waals surface area (Å²) in [5.74, 6) is 0.699. The molecule has 1 unspecified atom stereocenters. The highest BCUT2D eigenvalue weighted by Gasteiger charge is 2.36. The highest BCUT2D eigenvalue weighted by Crippen LogP contribution is 2.38. The second-order valence-electron chi connectivity index (χ2n) is 5.22. The van der Waals surface area contributed by atoms with E-state index in [1.807, 2.05) is 10.8 Å². The molecule has 1 saturated carbocycles. The van der Waals surface area contributed by atoms with Crippen LogP contribution >= 0.6 is 0 Å². The first-order valence-electron chi connectivity index (χ1n) is 6.62. The highest BCUT2D eigenvalue weighted by molar-refractivity contribution is 7.89. The van der Waals surface area contributed by atoms with Crippen LogP contribution in [0.2, 0.25) is 0 Å². The summed E-state index contributed by atoms with van der Waals surface area (Å²) in [4.78, 5) is 4.27. The molecule has 2 aliphatic rings. The third kappa shape index (κ3) is 1.97. The van der Waals surface area contributed by atoms with Crippen LogP contribution < -0.4 is 0 Å². The van der Waals surface area contributed by atoms with Crippen molar-refractivity contribution in [1.29, 1.82) is 0 Å². The minimum Gasteiger partial charge on any atom is -0.331 e. The zero-order valence-electron chi connectivity index (χ0n) is 10.6. The molecule has 1 aliphatic carbocycles. The number of hydrogen-bond donors (Lipinski definition) is 0. The van der Waals surface area contributed by atoms with Gasteiger partial charge in [-0.3, -0.25) is 0 Å². The van der Waals surface area contributed by atoms with Crippen molar-refractivity contribution < 1.29 is 8.42 Å². The van der Waals surface area contributed by atoms with Gasteiger partial charge in [0.05, 0.1) is 0 Å². The van der Waals surface area contributed by atoms with E-state index in [1.54, 1.807) is 17.4 Å². The van der Waals surface area contributed by atoms with E-state index in [0.29, 0.717) is 25.0 Å². The summed E-state index contributed by atoms with van der Waals surface area (Å²) in [5.41, 5.74) is 0. The van der Waals surface area contributed by atoms with Crippen molar-refractivity contribution in [2.75, 3.05) is 13.1 Å². The van der Waals surface area contributed by atoms with Crippen LogP contribution in [0.3, 0.4) is 0 Å². The molecule has 0 bridgehead atoms. The van der Waals surface area contributed by atoms with Crippen LogP contribution in [0.25, 0.3) is 0 Å². The van der Waals surface area contributed by atoms with Gasteiger partial charge in [0.25, 0.3) is 0 Å². The lowest BCUT2D eigenvalue weighted by Gasteiger charge is -2.21. The van der Waals surface area contributed by atoms with Crippen molar-refractivity contribution in [1.82, 2.24) is 13.9 Å². The Bertz CT molecular complexity index is 527. The van der Waals surface area contributed by atoms with Gasteiger partial charge in [-0.15, -0.1) is 0 Å². The maximum atomic E-state index is 12.5. The van der Waals surface area contributed by atoms with E-state index in [9.17, 15) is 8.42 Å². The first-order valence-corrected chi connectivity index (χ1v) is 8.12. The fourth-order valence-corrected chi connectivity index (χ4v) is 4.26. The summed E-state index contributed by atoms with van der Waals surface area (Å²) in [6, 6.07) is 0.471. The number of hydrogen-bond acceptors (Lipinski definition) is 3. The molecule has 1 atom stereocenters. The molecule has 0 aromatic carbocycles. The molecular weight excluding hydrogens is 250 g/mol. The fourth-order valence-electron chi connectivity index (χ4n) is 2.60. The Morgan fingerprint density at radius 2 is 2.00 bits per heavy atom. The lowest BCUT2D eigenvalue weighted by Crippen LogP contribution is -2.32. The van der Waals surface area contributed by atoms with Gasteiger partial charge in [-0.05, 0) is 32.6 Å². The third-order valence-corrected chi connectivity index (χ3v) is 6.06. The molecule has 1 aromatic heterocycles. The number of aromatic nitrogens is 2. The second-order valence-corrected chi connectivity index (χ2v) is 7.47.